The summed E-state index contributed by atoms with van der Waals surface area (Å²) in [6.07, 6.45) is 0. The Morgan fingerprint density at radius 3 is 2.65 bits per heavy atom. The second kappa shape index (κ2) is 8.45. The van der Waals surface area contributed by atoms with E-state index in [9.17, 15) is 14.9 Å². The molecule has 1 N–H and O–H groups in total. The number of para-hydroxylation sites is 1. The van der Waals surface area contributed by atoms with Crippen molar-refractivity contribution in [2.45, 2.75) is 39.8 Å². The number of pyridine rings is 1. The second-order valence-electron chi connectivity index (χ2n) is 6.41. The molecule has 1 amide bonds. The lowest BCUT2D eigenvalue weighted by molar-refractivity contribution is -0.116. The van der Waals surface area contributed by atoms with E-state index >= 15 is 0 Å². The molecule has 1 heterocycles. The third kappa shape index (κ3) is 4.19. The molecule has 136 valence electrons. The number of nitrogens with one attached hydrogen (secondary N) is 1. The third-order valence-corrected chi connectivity index (χ3v) is 4.16. The van der Waals surface area contributed by atoms with Crippen molar-refractivity contribution >= 4 is 11.6 Å². The number of ether oxygens (including phenoxy) is 1. The number of amides is 1. The number of nitrogens with zero attached hydrogens (tertiary/aromatic N) is 2. The van der Waals surface area contributed by atoms with Crippen molar-refractivity contribution in [3.8, 4) is 6.07 Å². The number of anilines is 1. The Morgan fingerprint density at radius 2 is 2.04 bits per heavy atom. The van der Waals surface area contributed by atoms with Crippen molar-refractivity contribution in [1.29, 1.82) is 5.26 Å². The van der Waals surface area contributed by atoms with Gasteiger partial charge in [-0.1, -0.05) is 32.0 Å². The fourth-order valence-corrected chi connectivity index (χ4v) is 2.87. The SMILES string of the molecule is COCc1cc(C)n(CC(=O)Nc2ccccc2C(C)C)c(=O)c1C#N. The van der Waals surface area contributed by atoms with Gasteiger partial charge in [0.1, 0.15) is 18.2 Å². The minimum atomic E-state index is -0.480. The normalized spacial score (nSPS) is 10.6. The van der Waals surface area contributed by atoms with E-state index < -0.39 is 5.56 Å². The highest BCUT2D eigenvalue weighted by molar-refractivity contribution is 5.91. The van der Waals surface area contributed by atoms with E-state index in [4.69, 9.17) is 4.74 Å². The fourth-order valence-electron chi connectivity index (χ4n) is 2.87. The summed E-state index contributed by atoms with van der Waals surface area (Å²) in [4.78, 5) is 25.1. The van der Waals surface area contributed by atoms with Crippen LogP contribution < -0.4 is 10.9 Å². The molecule has 0 atom stereocenters. The topological polar surface area (TPSA) is 84.1 Å². The molecule has 0 aliphatic heterocycles. The highest BCUT2D eigenvalue weighted by Crippen LogP contribution is 2.23. The standard InChI is InChI=1S/C20H23N3O3/c1-13(2)16-7-5-6-8-18(16)22-19(24)11-23-14(3)9-15(12-26-4)17(10-21)20(23)25/h5-9,13H,11-12H2,1-4H3,(H,22,24). The predicted molar refractivity (Wildman–Crippen MR) is 100 cm³/mol. The Morgan fingerprint density at radius 1 is 1.35 bits per heavy atom. The molecule has 0 spiro atoms. The lowest BCUT2D eigenvalue weighted by Crippen LogP contribution is -2.31. The maximum atomic E-state index is 12.6. The van der Waals surface area contributed by atoms with Crippen LogP contribution in [0.2, 0.25) is 0 Å². The molecular weight excluding hydrogens is 330 g/mol. The van der Waals surface area contributed by atoms with Crippen molar-refractivity contribution in [2.75, 3.05) is 12.4 Å². The van der Waals surface area contributed by atoms with Gasteiger partial charge in [-0.25, -0.2) is 0 Å². The Kier molecular flexibility index (Phi) is 6.31. The number of carbonyl (C=O) groups is 1. The highest BCUT2D eigenvalue weighted by Gasteiger charge is 2.16. The second-order valence-corrected chi connectivity index (χ2v) is 6.41. The number of hydrogen-bond acceptors (Lipinski definition) is 4. The van der Waals surface area contributed by atoms with Gasteiger partial charge in [-0.15, -0.1) is 0 Å². The van der Waals surface area contributed by atoms with Gasteiger partial charge in [-0.2, -0.15) is 5.26 Å². The molecule has 26 heavy (non-hydrogen) atoms. The van der Waals surface area contributed by atoms with Crippen LogP contribution in [0.1, 0.15) is 42.1 Å². The van der Waals surface area contributed by atoms with Gasteiger partial charge in [0.2, 0.25) is 5.91 Å². The maximum absolute atomic E-state index is 12.6. The molecule has 6 heteroatoms. The summed E-state index contributed by atoms with van der Waals surface area (Å²) >= 11 is 0. The van der Waals surface area contributed by atoms with Gasteiger partial charge >= 0.3 is 0 Å². The molecule has 0 unspecified atom stereocenters. The Hall–Kier alpha value is -2.91. The van der Waals surface area contributed by atoms with Gasteiger partial charge in [0.15, 0.2) is 0 Å². The number of aryl methyl sites for hydroxylation is 1. The Balaban J connectivity index is 2.31. The quantitative estimate of drug-likeness (QED) is 0.865. The summed E-state index contributed by atoms with van der Waals surface area (Å²) in [5.74, 6) is -0.0545. The summed E-state index contributed by atoms with van der Waals surface area (Å²) in [5, 5.41) is 12.2. The fraction of sp³-hybridized carbons (Fsp3) is 0.350. The number of aromatic nitrogens is 1. The average molecular weight is 353 g/mol. The number of carbonyl (C=O) groups excluding carboxylic acids is 1. The summed E-state index contributed by atoms with van der Waals surface area (Å²) in [7, 11) is 1.50. The Labute approximate surface area is 153 Å². The summed E-state index contributed by atoms with van der Waals surface area (Å²) < 4.78 is 6.35. The third-order valence-electron chi connectivity index (χ3n) is 4.16. The van der Waals surface area contributed by atoms with Crippen LogP contribution in [-0.4, -0.2) is 17.6 Å². The molecule has 1 aromatic carbocycles. The summed E-state index contributed by atoms with van der Waals surface area (Å²) in [6, 6.07) is 11.2. The summed E-state index contributed by atoms with van der Waals surface area (Å²) in [6.45, 7) is 5.85. The van der Waals surface area contributed by atoms with Crippen molar-refractivity contribution in [2.24, 2.45) is 0 Å². The lowest BCUT2D eigenvalue weighted by atomic mass is 10.0. The number of benzene rings is 1. The van der Waals surface area contributed by atoms with Gasteiger partial charge in [0.25, 0.3) is 5.56 Å². The van der Waals surface area contributed by atoms with E-state index in [1.165, 1.54) is 11.7 Å². The zero-order valence-electron chi connectivity index (χ0n) is 15.5. The molecule has 2 aromatic rings. The minimum absolute atomic E-state index is 0.00725. The van der Waals surface area contributed by atoms with Gasteiger partial charge < -0.3 is 14.6 Å². The number of hydrogen-bond donors (Lipinski definition) is 1. The van der Waals surface area contributed by atoms with Crippen LogP contribution in [0.5, 0.6) is 0 Å². The van der Waals surface area contributed by atoms with Crippen LogP contribution in [0, 0.1) is 18.3 Å². The molecule has 0 aliphatic carbocycles. The zero-order chi connectivity index (χ0) is 19.3. The number of nitriles is 1. The molecule has 0 fully saturated rings. The van der Waals surface area contributed by atoms with Crippen LogP contribution in [-0.2, 0) is 22.7 Å². The molecule has 2 rings (SSSR count). The monoisotopic (exact) mass is 353 g/mol. The first-order valence-electron chi connectivity index (χ1n) is 8.40. The van der Waals surface area contributed by atoms with Gasteiger partial charge in [-0.05, 0) is 30.5 Å². The molecule has 0 aliphatic rings. The van der Waals surface area contributed by atoms with E-state index in [1.54, 1.807) is 13.0 Å². The predicted octanol–water partition coefficient (Wildman–Crippen LogP) is 2.94. The minimum Gasteiger partial charge on any atom is -0.380 e. The first-order chi connectivity index (χ1) is 12.4. The zero-order valence-corrected chi connectivity index (χ0v) is 15.5. The smallest absolute Gasteiger partial charge is 0.269 e. The van der Waals surface area contributed by atoms with Crippen LogP contribution >= 0.6 is 0 Å². The van der Waals surface area contributed by atoms with Gasteiger partial charge in [0, 0.05) is 24.1 Å². The molecule has 6 nitrogen and oxygen atoms in total. The van der Waals surface area contributed by atoms with E-state index in [1.807, 2.05) is 44.2 Å². The van der Waals surface area contributed by atoms with Gasteiger partial charge in [-0.3, -0.25) is 9.59 Å². The van der Waals surface area contributed by atoms with E-state index in [0.29, 0.717) is 11.3 Å². The van der Waals surface area contributed by atoms with Gasteiger partial charge in [0.05, 0.1) is 6.61 Å². The van der Waals surface area contributed by atoms with Crippen molar-refractivity contribution in [3.63, 3.8) is 0 Å². The number of rotatable bonds is 6. The largest absolute Gasteiger partial charge is 0.380 e. The van der Waals surface area contributed by atoms with Crippen molar-refractivity contribution in [1.82, 2.24) is 4.57 Å². The van der Waals surface area contributed by atoms with Crippen molar-refractivity contribution in [3.05, 3.63) is 63.1 Å². The molecule has 0 radical (unpaired) electrons. The van der Waals surface area contributed by atoms with Crippen LogP contribution in [0.25, 0.3) is 0 Å². The lowest BCUT2D eigenvalue weighted by Gasteiger charge is -2.16. The first-order valence-corrected chi connectivity index (χ1v) is 8.40. The Bertz CT molecular complexity index is 907. The number of methoxy groups -OCH3 is 1. The average Bonchev–Trinajstić information content (AvgIpc) is 2.59. The summed E-state index contributed by atoms with van der Waals surface area (Å²) in [5.41, 5.74) is 2.42. The first kappa shape index (κ1) is 19.4. The molecular formula is C20H23N3O3. The van der Waals surface area contributed by atoms with Crippen LogP contribution in [0.3, 0.4) is 0 Å². The van der Waals surface area contributed by atoms with E-state index in [-0.39, 0.29) is 30.5 Å². The molecule has 0 saturated carbocycles. The maximum Gasteiger partial charge on any atom is 0.269 e. The molecule has 0 bridgehead atoms. The van der Waals surface area contributed by atoms with E-state index in [2.05, 4.69) is 5.32 Å². The van der Waals surface area contributed by atoms with Crippen LogP contribution in [0.15, 0.2) is 35.1 Å². The van der Waals surface area contributed by atoms with Crippen molar-refractivity contribution < 1.29 is 9.53 Å². The highest BCUT2D eigenvalue weighted by atomic mass is 16.5. The van der Waals surface area contributed by atoms with Crippen LogP contribution in [0.4, 0.5) is 5.69 Å². The molecule has 1 aromatic heterocycles. The van der Waals surface area contributed by atoms with E-state index in [0.717, 1.165) is 11.3 Å². The molecule has 0 saturated heterocycles.